The number of furan rings is 1. The molecule has 1 aromatic carbocycles. The van der Waals surface area contributed by atoms with Crippen molar-refractivity contribution in [1.82, 2.24) is 4.98 Å². The van der Waals surface area contributed by atoms with Gasteiger partial charge in [0.2, 0.25) is 11.6 Å². The molecule has 2 heterocycles. The average Bonchev–Trinajstić information content (AvgIpc) is 3.27. The van der Waals surface area contributed by atoms with Gasteiger partial charge in [-0.2, -0.15) is 10.2 Å². The number of hydrogen-bond donors (Lipinski definition) is 1. The third-order valence-electron chi connectivity index (χ3n) is 3.79. The molecule has 0 radical (unpaired) electrons. The van der Waals surface area contributed by atoms with Crippen LogP contribution in [-0.4, -0.2) is 11.0 Å². The summed E-state index contributed by atoms with van der Waals surface area (Å²) in [6, 6.07) is 12.8. The first-order valence-corrected chi connectivity index (χ1v) is 8.61. The summed E-state index contributed by atoms with van der Waals surface area (Å²) in [5.41, 5.74) is 0.204. The van der Waals surface area contributed by atoms with Crippen LogP contribution in [0, 0.1) is 11.3 Å². The fourth-order valence-corrected chi connectivity index (χ4v) is 2.31. The van der Waals surface area contributed by atoms with Gasteiger partial charge in [-0.25, -0.2) is 0 Å². The summed E-state index contributed by atoms with van der Waals surface area (Å²) in [6.07, 6.45) is 0.897. The predicted octanol–water partition coefficient (Wildman–Crippen LogP) is 5.25. The Morgan fingerprint density at radius 2 is 2.00 bits per heavy atom. The summed E-state index contributed by atoms with van der Waals surface area (Å²) in [4.78, 5) is 4.19. The van der Waals surface area contributed by atoms with Gasteiger partial charge in [-0.05, 0) is 49.7 Å². The lowest BCUT2D eigenvalue weighted by atomic mass is 10.2. The zero-order valence-electron chi connectivity index (χ0n) is 14.5. The number of rotatable bonds is 7. The Morgan fingerprint density at radius 1 is 1.23 bits per heavy atom. The van der Waals surface area contributed by atoms with Crippen molar-refractivity contribution in [1.29, 1.82) is 5.26 Å². The number of nitriles is 1. The molecule has 7 heteroatoms. The van der Waals surface area contributed by atoms with Crippen molar-refractivity contribution in [2.24, 2.45) is 0 Å². The van der Waals surface area contributed by atoms with Gasteiger partial charge in [-0.1, -0.05) is 18.5 Å². The number of benzene rings is 1. The van der Waals surface area contributed by atoms with Crippen molar-refractivity contribution in [2.45, 2.75) is 32.9 Å². The summed E-state index contributed by atoms with van der Waals surface area (Å²) >= 11 is 5.85. The molecule has 1 atom stereocenters. The van der Waals surface area contributed by atoms with Crippen molar-refractivity contribution >= 4 is 17.5 Å². The molecule has 0 amide bonds. The molecule has 6 nitrogen and oxygen atoms in total. The largest absolute Gasteiger partial charge is 0.486 e. The van der Waals surface area contributed by atoms with Crippen LogP contribution in [0.2, 0.25) is 5.02 Å². The molecule has 0 fully saturated rings. The molecular weight excluding hydrogens is 354 g/mol. The van der Waals surface area contributed by atoms with Crippen LogP contribution < -0.4 is 10.1 Å². The van der Waals surface area contributed by atoms with E-state index in [1.54, 1.807) is 36.4 Å². The first-order valence-electron chi connectivity index (χ1n) is 8.24. The van der Waals surface area contributed by atoms with E-state index in [9.17, 15) is 5.26 Å². The molecule has 1 N–H and O–H groups in total. The number of nitrogens with zero attached hydrogens (tertiary/aromatic N) is 2. The summed E-state index contributed by atoms with van der Waals surface area (Å²) in [6.45, 7) is 4.30. The highest BCUT2D eigenvalue weighted by molar-refractivity contribution is 6.30. The first kappa shape index (κ1) is 17.9. The standard InChI is InChI=1S/C19H18ClN3O3/c1-3-12(2)22-18-16(10-21)23-19(26-18)17-9-8-15(25-17)11-24-14-6-4-13(20)5-7-14/h4-9,12,22H,3,11H2,1-2H3/t12-/m0/s1. The average molecular weight is 372 g/mol. The fourth-order valence-electron chi connectivity index (χ4n) is 2.18. The first-order chi connectivity index (χ1) is 12.6. The molecule has 26 heavy (non-hydrogen) atoms. The van der Waals surface area contributed by atoms with Gasteiger partial charge in [0.05, 0.1) is 0 Å². The molecule has 0 bridgehead atoms. The summed E-state index contributed by atoms with van der Waals surface area (Å²) < 4.78 is 17.0. The normalized spacial score (nSPS) is 11.8. The van der Waals surface area contributed by atoms with Gasteiger partial charge in [0, 0.05) is 11.1 Å². The highest BCUT2D eigenvalue weighted by Gasteiger charge is 2.18. The molecule has 3 rings (SSSR count). The van der Waals surface area contributed by atoms with Gasteiger partial charge in [0.15, 0.2) is 5.76 Å². The van der Waals surface area contributed by atoms with Crippen LogP contribution in [0.4, 0.5) is 5.88 Å². The van der Waals surface area contributed by atoms with Crippen LogP contribution in [0.25, 0.3) is 11.7 Å². The molecule has 0 unspecified atom stereocenters. The lowest BCUT2D eigenvalue weighted by Crippen LogP contribution is -2.13. The second-order valence-electron chi connectivity index (χ2n) is 5.77. The number of ether oxygens (including phenoxy) is 1. The maximum Gasteiger partial charge on any atom is 0.266 e. The van der Waals surface area contributed by atoms with E-state index in [2.05, 4.69) is 10.3 Å². The highest BCUT2D eigenvalue weighted by Crippen LogP contribution is 2.28. The molecule has 134 valence electrons. The second kappa shape index (κ2) is 7.98. The van der Waals surface area contributed by atoms with Crippen LogP contribution in [0.15, 0.2) is 45.2 Å². The number of oxazole rings is 1. The lowest BCUT2D eigenvalue weighted by Gasteiger charge is -2.08. The molecule has 0 aliphatic carbocycles. The van der Waals surface area contributed by atoms with Crippen LogP contribution in [0.3, 0.4) is 0 Å². The number of aromatic nitrogens is 1. The van der Waals surface area contributed by atoms with Crippen molar-refractivity contribution in [3.8, 4) is 23.5 Å². The Kier molecular flexibility index (Phi) is 5.49. The minimum absolute atomic E-state index is 0.169. The molecule has 0 aliphatic heterocycles. The maximum absolute atomic E-state index is 9.23. The molecule has 0 aliphatic rings. The van der Waals surface area contributed by atoms with E-state index in [0.29, 0.717) is 28.2 Å². The minimum Gasteiger partial charge on any atom is -0.486 e. The number of hydrogen-bond acceptors (Lipinski definition) is 6. The van der Waals surface area contributed by atoms with Crippen LogP contribution in [-0.2, 0) is 6.61 Å². The zero-order valence-corrected chi connectivity index (χ0v) is 15.2. The Morgan fingerprint density at radius 3 is 2.69 bits per heavy atom. The quantitative estimate of drug-likeness (QED) is 0.610. The van der Waals surface area contributed by atoms with Gasteiger partial charge in [0.25, 0.3) is 5.89 Å². The van der Waals surface area contributed by atoms with E-state index in [0.717, 1.165) is 6.42 Å². The smallest absolute Gasteiger partial charge is 0.266 e. The Hall–Kier alpha value is -2.91. The van der Waals surface area contributed by atoms with E-state index in [1.165, 1.54) is 0 Å². The van der Waals surface area contributed by atoms with Gasteiger partial charge in [0.1, 0.15) is 24.2 Å². The van der Waals surface area contributed by atoms with Gasteiger partial charge >= 0.3 is 0 Å². The van der Waals surface area contributed by atoms with Crippen LogP contribution in [0.1, 0.15) is 31.7 Å². The summed E-state index contributed by atoms with van der Waals surface area (Å²) in [5.74, 6) is 2.35. The summed E-state index contributed by atoms with van der Waals surface area (Å²) in [5, 5.41) is 13.0. The van der Waals surface area contributed by atoms with Crippen LogP contribution in [0.5, 0.6) is 5.75 Å². The SMILES string of the molecule is CC[C@H](C)Nc1oc(-c2ccc(COc3ccc(Cl)cc3)o2)nc1C#N. The minimum atomic E-state index is 0.169. The third kappa shape index (κ3) is 4.19. The second-order valence-corrected chi connectivity index (χ2v) is 6.21. The maximum atomic E-state index is 9.23. The Labute approximate surface area is 156 Å². The van der Waals surface area contributed by atoms with Crippen molar-refractivity contribution < 1.29 is 13.6 Å². The molecule has 3 aromatic rings. The van der Waals surface area contributed by atoms with Gasteiger partial charge in [-0.3, -0.25) is 0 Å². The van der Waals surface area contributed by atoms with E-state index >= 15 is 0 Å². The molecule has 2 aromatic heterocycles. The van der Waals surface area contributed by atoms with Crippen molar-refractivity contribution in [3.63, 3.8) is 0 Å². The Bertz CT molecular complexity index is 909. The Balaban J connectivity index is 1.71. The molecular formula is C19H18ClN3O3. The number of nitrogens with one attached hydrogen (secondary N) is 1. The molecule has 0 saturated carbocycles. The van der Waals surface area contributed by atoms with E-state index in [1.807, 2.05) is 19.9 Å². The zero-order chi connectivity index (χ0) is 18.5. The number of anilines is 1. The van der Waals surface area contributed by atoms with Crippen molar-refractivity contribution in [3.05, 3.63) is 52.9 Å². The van der Waals surface area contributed by atoms with Gasteiger partial charge < -0.3 is 18.9 Å². The monoisotopic (exact) mass is 371 g/mol. The van der Waals surface area contributed by atoms with E-state index in [-0.39, 0.29) is 24.2 Å². The molecule has 0 saturated heterocycles. The topological polar surface area (TPSA) is 84.2 Å². The van der Waals surface area contributed by atoms with Gasteiger partial charge in [-0.15, -0.1) is 0 Å². The molecule has 0 spiro atoms. The van der Waals surface area contributed by atoms with Crippen LogP contribution >= 0.6 is 11.6 Å². The predicted molar refractivity (Wildman–Crippen MR) is 98.1 cm³/mol. The van der Waals surface area contributed by atoms with Crippen molar-refractivity contribution in [2.75, 3.05) is 5.32 Å². The summed E-state index contributed by atoms with van der Waals surface area (Å²) in [7, 11) is 0. The third-order valence-corrected chi connectivity index (χ3v) is 4.04. The van der Waals surface area contributed by atoms with E-state index in [4.69, 9.17) is 25.2 Å². The number of halogens is 1. The highest BCUT2D eigenvalue weighted by atomic mass is 35.5. The van der Waals surface area contributed by atoms with E-state index < -0.39 is 0 Å². The lowest BCUT2D eigenvalue weighted by molar-refractivity contribution is 0.271. The fraction of sp³-hybridized carbons (Fsp3) is 0.263.